The van der Waals surface area contributed by atoms with Gasteiger partial charge in [-0.05, 0) is 23.8 Å². The number of aromatic nitrogens is 3. The standard InChI is InChI=1S/C20H18Cl2FN5O/c21-13-1-2-14(23)19(22)12(13)4-6-29-18-7-11(8-27-20(18)24)16-10-26-17-9-25-5-3-15(17)28-16/h1-2,7-8,10,25H,3-6,9H2,(H2,24,27). The van der Waals surface area contributed by atoms with Crippen LogP contribution in [0.3, 0.4) is 0 Å². The van der Waals surface area contributed by atoms with Gasteiger partial charge < -0.3 is 15.8 Å². The van der Waals surface area contributed by atoms with E-state index in [9.17, 15) is 4.39 Å². The second-order valence-electron chi connectivity index (χ2n) is 6.60. The zero-order valence-corrected chi connectivity index (χ0v) is 16.9. The van der Waals surface area contributed by atoms with Gasteiger partial charge in [0, 0.05) is 42.7 Å². The second-order valence-corrected chi connectivity index (χ2v) is 7.39. The van der Waals surface area contributed by atoms with Crippen LogP contribution in [0.5, 0.6) is 5.75 Å². The maximum absolute atomic E-state index is 13.7. The van der Waals surface area contributed by atoms with Crippen LogP contribution in [0.15, 0.2) is 30.6 Å². The molecule has 1 aliphatic rings. The largest absolute Gasteiger partial charge is 0.489 e. The van der Waals surface area contributed by atoms with Gasteiger partial charge in [-0.25, -0.2) is 14.4 Å². The Kier molecular flexibility index (Phi) is 5.80. The molecule has 0 aliphatic carbocycles. The highest BCUT2D eigenvalue weighted by Crippen LogP contribution is 2.29. The summed E-state index contributed by atoms with van der Waals surface area (Å²) in [6.07, 6.45) is 4.51. The molecule has 6 nitrogen and oxygen atoms in total. The van der Waals surface area contributed by atoms with Crippen molar-refractivity contribution >= 4 is 29.0 Å². The van der Waals surface area contributed by atoms with E-state index in [2.05, 4.69) is 15.3 Å². The van der Waals surface area contributed by atoms with Gasteiger partial charge in [-0.3, -0.25) is 4.98 Å². The summed E-state index contributed by atoms with van der Waals surface area (Å²) < 4.78 is 19.4. The number of benzene rings is 1. The number of hydrogen-bond acceptors (Lipinski definition) is 6. The summed E-state index contributed by atoms with van der Waals surface area (Å²) in [6.45, 7) is 1.81. The summed E-state index contributed by atoms with van der Waals surface area (Å²) in [4.78, 5) is 13.4. The van der Waals surface area contributed by atoms with E-state index >= 15 is 0 Å². The smallest absolute Gasteiger partial charge is 0.166 e. The minimum Gasteiger partial charge on any atom is -0.489 e. The van der Waals surface area contributed by atoms with Crippen LogP contribution in [0.2, 0.25) is 10.0 Å². The van der Waals surface area contributed by atoms with Crippen LogP contribution in [-0.2, 0) is 19.4 Å². The molecular weight excluding hydrogens is 416 g/mol. The fourth-order valence-corrected chi connectivity index (χ4v) is 3.68. The average Bonchev–Trinajstić information content (AvgIpc) is 2.74. The van der Waals surface area contributed by atoms with Crippen LogP contribution >= 0.6 is 23.2 Å². The van der Waals surface area contributed by atoms with Gasteiger partial charge in [0.15, 0.2) is 11.6 Å². The average molecular weight is 434 g/mol. The number of halogens is 3. The predicted molar refractivity (Wildman–Crippen MR) is 111 cm³/mol. The van der Waals surface area contributed by atoms with Crippen molar-refractivity contribution in [2.24, 2.45) is 0 Å². The van der Waals surface area contributed by atoms with Crippen LogP contribution < -0.4 is 15.8 Å². The lowest BCUT2D eigenvalue weighted by Gasteiger charge is -2.16. The summed E-state index contributed by atoms with van der Waals surface area (Å²) in [6, 6.07) is 4.48. The van der Waals surface area contributed by atoms with Crippen LogP contribution in [0.1, 0.15) is 17.0 Å². The van der Waals surface area contributed by atoms with E-state index in [1.54, 1.807) is 18.5 Å². The molecule has 0 bridgehead atoms. The summed E-state index contributed by atoms with van der Waals surface area (Å²) in [7, 11) is 0. The molecule has 3 N–H and O–H groups in total. The van der Waals surface area contributed by atoms with Gasteiger partial charge in [0.25, 0.3) is 0 Å². The number of ether oxygens (including phenoxy) is 1. The number of anilines is 1. The quantitative estimate of drug-likeness (QED) is 0.594. The van der Waals surface area contributed by atoms with Gasteiger partial charge >= 0.3 is 0 Å². The number of hydrogen-bond donors (Lipinski definition) is 2. The minimum atomic E-state index is -0.518. The lowest BCUT2D eigenvalue weighted by Crippen LogP contribution is -2.25. The summed E-state index contributed by atoms with van der Waals surface area (Å²) in [5.74, 6) is 0.142. The maximum Gasteiger partial charge on any atom is 0.166 e. The molecule has 0 atom stereocenters. The Balaban J connectivity index is 1.51. The topological polar surface area (TPSA) is 86.0 Å². The van der Waals surface area contributed by atoms with Crippen molar-refractivity contribution in [2.75, 3.05) is 18.9 Å². The SMILES string of the molecule is Nc1ncc(-c2cnc3c(n2)CCNC3)cc1OCCc1c(Cl)ccc(F)c1Cl. The third kappa shape index (κ3) is 4.27. The molecule has 4 rings (SSSR count). The molecule has 9 heteroatoms. The van der Waals surface area contributed by atoms with Crippen LogP contribution in [-0.4, -0.2) is 28.1 Å². The lowest BCUT2D eigenvalue weighted by atomic mass is 10.1. The van der Waals surface area contributed by atoms with Crippen molar-refractivity contribution in [1.29, 1.82) is 0 Å². The molecule has 0 saturated heterocycles. The Morgan fingerprint density at radius 3 is 2.90 bits per heavy atom. The van der Waals surface area contributed by atoms with Crippen molar-refractivity contribution in [3.63, 3.8) is 0 Å². The highest BCUT2D eigenvalue weighted by Gasteiger charge is 2.15. The van der Waals surface area contributed by atoms with Crippen LogP contribution in [0, 0.1) is 5.82 Å². The van der Waals surface area contributed by atoms with Crippen molar-refractivity contribution in [1.82, 2.24) is 20.3 Å². The molecule has 29 heavy (non-hydrogen) atoms. The number of rotatable bonds is 5. The third-order valence-electron chi connectivity index (χ3n) is 4.69. The molecule has 0 unspecified atom stereocenters. The molecule has 1 aromatic carbocycles. The number of fused-ring (bicyclic) bond motifs is 1. The van der Waals surface area contributed by atoms with Gasteiger partial charge in [-0.15, -0.1) is 0 Å². The van der Waals surface area contributed by atoms with Gasteiger partial charge in [-0.1, -0.05) is 23.2 Å². The Morgan fingerprint density at radius 2 is 2.03 bits per heavy atom. The minimum absolute atomic E-state index is 0.000212. The number of pyridine rings is 1. The zero-order valence-electron chi connectivity index (χ0n) is 15.4. The van der Waals surface area contributed by atoms with E-state index in [-0.39, 0.29) is 17.4 Å². The first-order chi connectivity index (χ1) is 14.0. The van der Waals surface area contributed by atoms with E-state index in [4.69, 9.17) is 38.7 Å². The lowest BCUT2D eigenvalue weighted by molar-refractivity contribution is 0.322. The Labute approximate surface area is 177 Å². The van der Waals surface area contributed by atoms with E-state index in [1.807, 2.05) is 0 Å². The molecule has 150 valence electrons. The fraction of sp³-hybridized carbons (Fsp3) is 0.250. The molecule has 3 heterocycles. The first-order valence-electron chi connectivity index (χ1n) is 9.09. The van der Waals surface area contributed by atoms with Crippen molar-refractivity contribution < 1.29 is 9.13 Å². The molecule has 0 saturated carbocycles. The Morgan fingerprint density at radius 1 is 1.17 bits per heavy atom. The summed E-state index contributed by atoms with van der Waals surface area (Å²) in [5, 5.41) is 3.66. The van der Waals surface area contributed by atoms with Gasteiger partial charge in [0.05, 0.1) is 34.9 Å². The molecule has 0 amide bonds. The fourth-order valence-electron chi connectivity index (χ4n) is 3.13. The van der Waals surface area contributed by atoms with E-state index < -0.39 is 5.82 Å². The van der Waals surface area contributed by atoms with Gasteiger partial charge in [0.2, 0.25) is 0 Å². The third-order valence-corrected chi connectivity index (χ3v) is 5.45. The molecule has 2 aromatic heterocycles. The summed E-state index contributed by atoms with van der Waals surface area (Å²) >= 11 is 12.1. The van der Waals surface area contributed by atoms with E-state index in [1.165, 1.54) is 12.1 Å². The molecular formula is C20H18Cl2FN5O. The highest BCUT2D eigenvalue weighted by atomic mass is 35.5. The predicted octanol–water partition coefficient (Wildman–Crippen LogP) is 3.83. The number of nitrogens with two attached hydrogens (primary N) is 1. The van der Waals surface area contributed by atoms with Gasteiger partial charge in [0.1, 0.15) is 5.82 Å². The first kappa shape index (κ1) is 19.8. The van der Waals surface area contributed by atoms with Crippen molar-refractivity contribution in [2.45, 2.75) is 19.4 Å². The van der Waals surface area contributed by atoms with Gasteiger partial charge in [-0.2, -0.15) is 0 Å². The van der Waals surface area contributed by atoms with Crippen molar-refractivity contribution in [3.05, 3.63) is 63.4 Å². The molecule has 0 radical (unpaired) electrons. The zero-order chi connectivity index (χ0) is 20.4. The van der Waals surface area contributed by atoms with Crippen LogP contribution in [0.4, 0.5) is 10.2 Å². The van der Waals surface area contributed by atoms with E-state index in [0.29, 0.717) is 28.5 Å². The Hall–Kier alpha value is -2.48. The van der Waals surface area contributed by atoms with E-state index in [0.717, 1.165) is 36.5 Å². The Bertz CT molecular complexity index is 1060. The molecule has 0 spiro atoms. The first-order valence-corrected chi connectivity index (χ1v) is 9.85. The number of nitrogen functional groups attached to an aromatic ring is 1. The van der Waals surface area contributed by atoms with Crippen LogP contribution in [0.25, 0.3) is 11.3 Å². The highest BCUT2D eigenvalue weighted by molar-refractivity contribution is 6.36. The molecule has 1 aliphatic heterocycles. The number of nitrogens with one attached hydrogen (secondary N) is 1. The summed E-state index contributed by atoms with van der Waals surface area (Å²) in [5.41, 5.74) is 9.85. The number of nitrogens with zero attached hydrogens (tertiary/aromatic N) is 3. The molecule has 0 fully saturated rings. The maximum atomic E-state index is 13.7. The second kappa shape index (κ2) is 8.49. The normalized spacial score (nSPS) is 13.2. The van der Waals surface area contributed by atoms with Crippen molar-refractivity contribution in [3.8, 4) is 17.0 Å². The molecule has 3 aromatic rings. The monoisotopic (exact) mass is 433 g/mol.